The number of benzene rings is 2. The third kappa shape index (κ3) is 4.35. The fourth-order valence-electron chi connectivity index (χ4n) is 3.34. The third-order valence-electron chi connectivity index (χ3n) is 4.93. The molecule has 1 fully saturated rings. The second-order valence-electron chi connectivity index (χ2n) is 6.88. The average molecular weight is 438 g/mol. The van der Waals surface area contributed by atoms with Gasteiger partial charge in [0.15, 0.2) is 0 Å². The van der Waals surface area contributed by atoms with Crippen LogP contribution in [0.5, 0.6) is 0 Å². The number of nitriles is 1. The quantitative estimate of drug-likeness (QED) is 0.607. The summed E-state index contributed by atoms with van der Waals surface area (Å²) in [7, 11) is -3.94. The molecule has 9 heteroatoms. The molecular formula is C22H19FN4O3S. The predicted molar refractivity (Wildman–Crippen MR) is 114 cm³/mol. The zero-order valence-corrected chi connectivity index (χ0v) is 17.3. The van der Waals surface area contributed by atoms with Crippen molar-refractivity contribution in [1.82, 2.24) is 9.29 Å². The molecular weight excluding hydrogens is 419 g/mol. The first-order valence-electron chi connectivity index (χ1n) is 9.63. The molecule has 1 saturated heterocycles. The number of nitrogens with zero attached hydrogens (tertiary/aromatic N) is 4. The highest BCUT2D eigenvalue weighted by molar-refractivity contribution is 7.89. The van der Waals surface area contributed by atoms with Crippen LogP contribution in [0.1, 0.15) is 17.1 Å². The van der Waals surface area contributed by atoms with Crippen molar-refractivity contribution < 1.29 is 17.2 Å². The van der Waals surface area contributed by atoms with Crippen LogP contribution in [0.15, 0.2) is 63.9 Å². The summed E-state index contributed by atoms with van der Waals surface area (Å²) in [4.78, 5) is 5.65. The lowest BCUT2D eigenvalue weighted by Crippen LogP contribution is -2.48. The minimum Gasteiger partial charge on any atom is -0.420 e. The van der Waals surface area contributed by atoms with E-state index in [1.54, 1.807) is 11.0 Å². The third-order valence-corrected chi connectivity index (χ3v) is 6.86. The van der Waals surface area contributed by atoms with Gasteiger partial charge in [0.2, 0.25) is 27.5 Å². The molecule has 0 aliphatic carbocycles. The summed E-state index contributed by atoms with van der Waals surface area (Å²) >= 11 is 0. The molecule has 31 heavy (non-hydrogen) atoms. The van der Waals surface area contributed by atoms with Crippen molar-refractivity contribution in [3.05, 3.63) is 77.6 Å². The van der Waals surface area contributed by atoms with Gasteiger partial charge in [0.05, 0.1) is 0 Å². The number of rotatable bonds is 5. The van der Waals surface area contributed by atoms with Gasteiger partial charge in [0.1, 0.15) is 16.8 Å². The summed E-state index contributed by atoms with van der Waals surface area (Å²) in [5.41, 5.74) is 1.10. The van der Waals surface area contributed by atoms with E-state index in [1.165, 1.54) is 22.5 Å². The Kier molecular flexibility index (Phi) is 5.84. The van der Waals surface area contributed by atoms with E-state index < -0.39 is 15.8 Å². The van der Waals surface area contributed by atoms with E-state index in [-0.39, 0.29) is 29.6 Å². The molecule has 0 amide bonds. The molecule has 0 saturated carbocycles. The van der Waals surface area contributed by atoms with Crippen LogP contribution in [0.25, 0.3) is 12.2 Å². The fourth-order valence-corrected chi connectivity index (χ4v) is 4.83. The highest BCUT2D eigenvalue weighted by Crippen LogP contribution is 2.26. The minimum absolute atomic E-state index is 0.136. The maximum absolute atomic E-state index is 14.0. The monoisotopic (exact) mass is 438 g/mol. The lowest BCUT2D eigenvalue weighted by atomic mass is 10.2. The van der Waals surface area contributed by atoms with E-state index in [2.05, 4.69) is 4.98 Å². The highest BCUT2D eigenvalue weighted by atomic mass is 32.2. The van der Waals surface area contributed by atoms with Crippen LogP contribution in [0, 0.1) is 17.1 Å². The summed E-state index contributed by atoms with van der Waals surface area (Å²) in [5, 5.41) is 9.44. The Balaban J connectivity index is 1.49. The normalized spacial score (nSPS) is 15.3. The average Bonchev–Trinajstić information content (AvgIpc) is 3.22. The van der Waals surface area contributed by atoms with Gasteiger partial charge in [-0.1, -0.05) is 42.5 Å². The Morgan fingerprint density at radius 2 is 1.68 bits per heavy atom. The van der Waals surface area contributed by atoms with Crippen LogP contribution in [0.3, 0.4) is 0 Å². The van der Waals surface area contributed by atoms with Crippen LogP contribution >= 0.6 is 0 Å². The number of oxazole rings is 1. The summed E-state index contributed by atoms with van der Waals surface area (Å²) in [6, 6.07) is 17.0. The molecule has 1 aromatic heterocycles. The maximum Gasteiger partial charge on any atom is 0.246 e. The van der Waals surface area contributed by atoms with Crippen molar-refractivity contribution in [1.29, 1.82) is 5.26 Å². The van der Waals surface area contributed by atoms with Crippen molar-refractivity contribution in [3.63, 3.8) is 0 Å². The second-order valence-corrected chi connectivity index (χ2v) is 8.79. The highest BCUT2D eigenvalue weighted by Gasteiger charge is 2.32. The van der Waals surface area contributed by atoms with Crippen LogP contribution in [-0.2, 0) is 10.0 Å². The van der Waals surface area contributed by atoms with Gasteiger partial charge in [-0.2, -0.15) is 14.6 Å². The van der Waals surface area contributed by atoms with Gasteiger partial charge < -0.3 is 9.32 Å². The molecule has 158 valence electrons. The van der Waals surface area contributed by atoms with Crippen LogP contribution in [0.4, 0.5) is 10.3 Å². The van der Waals surface area contributed by atoms with Gasteiger partial charge in [0.25, 0.3) is 0 Å². The Hall–Kier alpha value is -3.48. The first-order valence-corrected chi connectivity index (χ1v) is 11.1. The lowest BCUT2D eigenvalue weighted by molar-refractivity contribution is 0.371. The molecule has 1 aliphatic heterocycles. The molecule has 0 bridgehead atoms. The van der Waals surface area contributed by atoms with Gasteiger partial charge in [-0.05, 0) is 23.8 Å². The van der Waals surface area contributed by atoms with E-state index in [4.69, 9.17) is 4.42 Å². The number of halogens is 1. The summed E-state index contributed by atoms with van der Waals surface area (Å²) < 4.78 is 46.5. The molecule has 2 aromatic carbocycles. The second kappa shape index (κ2) is 8.71. The van der Waals surface area contributed by atoms with Gasteiger partial charge in [-0.25, -0.2) is 12.8 Å². The van der Waals surface area contributed by atoms with Crippen molar-refractivity contribution >= 4 is 28.1 Å². The molecule has 0 spiro atoms. The van der Waals surface area contributed by atoms with Crippen molar-refractivity contribution in [3.8, 4) is 6.07 Å². The van der Waals surface area contributed by atoms with Gasteiger partial charge in [-0.15, -0.1) is 0 Å². The first kappa shape index (κ1) is 20.8. The molecule has 0 radical (unpaired) electrons. The molecule has 0 atom stereocenters. The SMILES string of the molecule is N#Cc1nc(/C=C/c2ccccc2)oc1N1CCN(S(=O)(=O)c2ccccc2F)CC1. The summed E-state index contributed by atoms with van der Waals surface area (Å²) in [6.45, 7) is 0.855. The van der Waals surface area contributed by atoms with Crippen molar-refractivity contribution in [2.75, 3.05) is 31.1 Å². The summed E-state index contributed by atoms with van der Waals surface area (Å²) in [6.07, 6.45) is 3.51. The zero-order valence-electron chi connectivity index (χ0n) is 16.5. The molecule has 4 rings (SSSR count). The van der Waals surface area contributed by atoms with E-state index in [1.807, 2.05) is 42.5 Å². The van der Waals surface area contributed by atoms with Gasteiger partial charge in [0, 0.05) is 32.3 Å². The number of piperazine rings is 1. The fraction of sp³-hybridized carbons (Fsp3) is 0.182. The van der Waals surface area contributed by atoms with E-state index in [0.717, 1.165) is 11.6 Å². The van der Waals surface area contributed by atoms with Crippen LogP contribution in [-0.4, -0.2) is 43.9 Å². The van der Waals surface area contributed by atoms with E-state index in [0.29, 0.717) is 19.0 Å². The smallest absolute Gasteiger partial charge is 0.246 e. The number of hydrogen-bond donors (Lipinski definition) is 0. The molecule has 0 N–H and O–H groups in total. The lowest BCUT2D eigenvalue weighted by Gasteiger charge is -2.33. The molecule has 1 aliphatic rings. The van der Waals surface area contributed by atoms with Gasteiger partial charge in [-0.3, -0.25) is 0 Å². The largest absolute Gasteiger partial charge is 0.420 e. The number of aromatic nitrogens is 1. The Morgan fingerprint density at radius 1 is 1.00 bits per heavy atom. The number of hydrogen-bond acceptors (Lipinski definition) is 6. The van der Waals surface area contributed by atoms with Crippen LogP contribution < -0.4 is 4.90 Å². The number of sulfonamides is 1. The summed E-state index contributed by atoms with van der Waals surface area (Å²) in [5.74, 6) is -0.184. The van der Waals surface area contributed by atoms with Crippen molar-refractivity contribution in [2.24, 2.45) is 0 Å². The minimum atomic E-state index is -3.94. The maximum atomic E-state index is 14.0. The van der Waals surface area contributed by atoms with Crippen molar-refractivity contribution in [2.45, 2.75) is 4.90 Å². The molecule has 2 heterocycles. The predicted octanol–water partition coefficient (Wildman–Crippen LogP) is 3.37. The Morgan fingerprint density at radius 3 is 2.35 bits per heavy atom. The van der Waals surface area contributed by atoms with Gasteiger partial charge >= 0.3 is 0 Å². The molecule has 0 unspecified atom stereocenters. The first-order chi connectivity index (χ1) is 15.0. The van der Waals surface area contributed by atoms with Crippen LogP contribution in [0.2, 0.25) is 0 Å². The van der Waals surface area contributed by atoms with E-state index in [9.17, 15) is 18.1 Å². The topological polar surface area (TPSA) is 90.4 Å². The Bertz CT molecular complexity index is 1240. The zero-order chi connectivity index (χ0) is 21.8. The standard InChI is InChI=1S/C22H19FN4O3S/c23-18-8-4-5-9-20(18)31(28,29)27-14-12-26(13-15-27)22-19(16-24)25-21(30-22)11-10-17-6-2-1-3-7-17/h1-11H,12-15H2/b11-10+. The molecule has 7 nitrogen and oxygen atoms in total. The Labute approximate surface area is 179 Å². The number of anilines is 1. The molecule has 3 aromatic rings. The van der Waals surface area contributed by atoms with E-state index >= 15 is 0 Å².